The van der Waals surface area contributed by atoms with Crippen molar-refractivity contribution in [2.45, 2.75) is 13.8 Å². The fourth-order valence-corrected chi connectivity index (χ4v) is 3.19. The van der Waals surface area contributed by atoms with E-state index in [1.165, 1.54) is 14.4 Å². The number of hydrogen-bond donors (Lipinski definition) is 1. The molecule has 0 radical (unpaired) electrons. The highest BCUT2D eigenvalue weighted by atomic mass is 127. The second kappa shape index (κ2) is 5.20. The van der Waals surface area contributed by atoms with Gasteiger partial charge in [0.25, 0.3) is 0 Å². The first-order chi connectivity index (χ1) is 9.88. The molecule has 1 aromatic heterocycles. The van der Waals surface area contributed by atoms with Gasteiger partial charge in [0.1, 0.15) is 16.9 Å². The summed E-state index contributed by atoms with van der Waals surface area (Å²) in [4.78, 5) is 1.52. The van der Waals surface area contributed by atoms with E-state index in [0.717, 1.165) is 16.8 Å². The first kappa shape index (κ1) is 14.7. The number of hydrogen-bond acceptors (Lipinski definition) is 3. The van der Waals surface area contributed by atoms with E-state index in [9.17, 15) is 4.39 Å². The first-order valence-electron chi connectivity index (χ1n) is 6.16. The summed E-state index contributed by atoms with van der Waals surface area (Å²) in [6.07, 6.45) is 0. The van der Waals surface area contributed by atoms with Gasteiger partial charge < -0.3 is 5.73 Å². The molecule has 3 rings (SSSR count). The molecule has 0 saturated heterocycles. The molecule has 7 heteroatoms. The molecule has 0 amide bonds. The molecular formula is C14H11BrFIN4. The molecule has 0 aliphatic heterocycles. The SMILES string of the molecule is Cc1cc(-n2nc3cc(F)c(N)c(Br)c3n2)c(C)cc1I. The van der Waals surface area contributed by atoms with Crippen LogP contribution in [0.3, 0.4) is 0 Å². The molecule has 21 heavy (non-hydrogen) atoms. The van der Waals surface area contributed by atoms with E-state index in [1.54, 1.807) is 0 Å². The molecule has 0 aliphatic carbocycles. The minimum Gasteiger partial charge on any atom is -0.395 e. The van der Waals surface area contributed by atoms with Crippen molar-refractivity contribution < 1.29 is 4.39 Å². The number of anilines is 1. The smallest absolute Gasteiger partial charge is 0.149 e. The Morgan fingerprint density at radius 1 is 1.19 bits per heavy atom. The molecule has 2 N–H and O–H groups in total. The average molecular weight is 461 g/mol. The Morgan fingerprint density at radius 2 is 1.90 bits per heavy atom. The Morgan fingerprint density at radius 3 is 2.62 bits per heavy atom. The molecule has 2 aromatic carbocycles. The Kier molecular flexibility index (Phi) is 3.64. The Balaban J connectivity index is 2.27. The van der Waals surface area contributed by atoms with Gasteiger partial charge in [-0.1, -0.05) is 0 Å². The van der Waals surface area contributed by atoms with Gasteiger partial charge in [0.2, 0.25) is 0 Å². The Bertz CT molecular complexity index is 875. The molecule has 0 spiro atoms. The average Bonchev–Trinajstić information content (AvgIpc) is 2.84. The quantitative estimate of drug-likeness (QED) is 0.439. The molecule has 4 nitrogen and oxygen atoms in total. The van der Waals surface area contributed by atoms with Crippen molar-refractivity contribution in [3.63, 3.8) is 0 Å². The van der Waals surface area contributed by atoms with E-state index in [0.29, 0.717) is 15.5 Å². The second-order valence-electron chi connectivity index (χ2n) is 4.83. The van der Waals surface area contributed by atoms with Crippen LogP contribution >= 0.6 is 38.5 Å². The van der Waals surface area contributed by atoms with Gasteiger partial charge in [0.15, 0.2) is 0 Å². The zero-order valence-corrected chi connectivity index (χ0v) is 15.0. The Labute approximate surface area is 142 Å². The molecular weight excluding hydrogens is 450 g/mol. The van der Waals surface area contributed by atoms with Crippen LogP contribution in [0.25, 0.3) is 16.7 Å². The lowest BCUT2D eigenvalue weighted by Gasteiger charge is -2.07. The number of halogens is 3. The molecule has 1 heterocycles. The summed E-state index contributed by atoms with van der Waals surface area (Å²) < 4.78 is 15.3. The van der Waals surface area contributed by atoms with Gasteiger partial charge in [-0.2, -0.15) is 4.80 Å². The van der Waals surface area contributed by atoms with Crippen LogP contribution in [0.1, 0.15) is 11.1 Å². The highest BCUT2D eigenvalue weighted by molar-refractivity contribution is 14.1. The van der Waals surface area contributed by atoms with Gasteiger partial charge in [-0.05, 0) is 75.6 Å². The fourth-order valence-electron chi connectivity index (χ4n) is 2.09. The summed E-state index contributed by atoms with van der Waals surface area (Å²) in [7, 11) is 0. The topological polar surface area (TPSA) is 56.7 Å². The number of benzene rings is 2. The monoisotopic (exact) mass is 460 g/mol. The van der Waals surface area contributed by atoms with Crippen LogP contribution in [-0.4, -0.2) is 15.0 Å². The molecule has 0 atom stereocenters. The van der Waals surface area contributed by atoms with Crippen molar-refractivity contribution in [3.8, 4) is 5.69 Å². The largest absolute Gasteiger partial charge is 0.395 e. The normalized spacial score (nSPS) is 11.3. The van der Waals surface area contributed by atoms with Crippen LogP contribution in [0.5, 0.6) is 0 Å². The van der Waals surface area contributed by atoms with Crippen LogP contribution in [-0.2, 0) is 0 Å². The van der Waals surface area contributed by atoms with Gasteiger partial charge in [-0.25, -0.2) is 4.39 Å². The predicted molar refractivity (Wildman–Crippen MR) is 93.1 cm³/mol. The van der Waals surface area contributed by atoms with Crippen molar-refractivity contribution in [1.29, 1.82) is 0 Å². The minimum atomic E-state index is -0.503. The summed E-state index contributed by atoms with van der Waals surface area (Å²) in [5, 5.41) is 8.78. The molecule has 0 fully saturated rings. The second-order valence-corrected chi connectivity index (χ2v) is 6.79. The molecule has 108 valence electrons. The highest BCUT2D eigenvalue weighted by Crippen LogP contribution is 2.30. The van der Waals surface area contributed by atoms with Gasteiger partial charge in [-0.3, -0.25) is 0 Å². The predicted octanol–water partition coefficient (Wildman–Crippen LogP) is 4.13. The van der Waals surface area contributed by atoms with Crippen molar-refractivity contribution >= 4 is 55.2 Å². The minimum absolute atomic E-state index is 0.0464. The zero-order chi connectivity index (χ0) is 15.3. The van der Waals surface area contributed by atoms with Gasteiger partial charge in [0, 0.05) is 9.64 Å². The number of nitrogens with two attached hydrogens (primary N) is 1. The maximum Gasteiger partial charge on any atom is 0.149 e. The van der Waals surface area contributed by atoms with Crippen LogP contribution in [0.15, 0.2) is 22.7 Å². The number of rotatable bonds is 1. The van der Waals surface area contributed by atoms with Crippen molar-refractivity contribution in [2.24, 2.45) is 0 Å². The summed E-state index contributed by atoms with van der Waals surface area (Å²) in [6.45, 7) is 4.02. The van der Waals surface area contributed by atoms with Crippen LogP contribution < -0.4 is 5.73 Å². The lowest BCUT2D eigenvalue weighted by atomic mass is 10.1. The summed E-state index contributed by atoms with van der Waals surface area (Å²) in [6, 6.07) is 5.39. The Hall–Kier alpha value is -1.22. The third-order valence-electron chi connectivity index (χ3n) is 3.30. The molecule has 0 unspecified atom stereocenters. The van der Waals surface area contributed by atoms with Gasteiger partial charge >= 0.3 is 0 Å². The molecule has 3 aromatic rings. The van der Waals surface area contributed by atoms with Crippen molar-refractivity contribution in [1.82, 2.24) is 15.0 Å². The number of aromatic nitrogens is 3. The van der Waals surface area contributed by atoms with Crippen LogP contribution in [0, 0.1) is 23.2 Å². The standard InChI is InChI=1S/C14H11BrFIN4/c1-6-4-11(7(2)3-9(6)17)21-19-10-5-8(16)13(18)12(15)14(10)20-21/h3-5H,18H2,1-2H3. The molecule has 0 saturated carbocycles. The van der Waals surface area contributed by atoms with E-state index in [2.05, 4.69) is 54.8 Å². The third-order valence-corrected chi connectivity index (χ3v) is 5.26. The molecule has 0 aliphatic rings. The van der Waals surface area contributed by atoms with E-state index in [-0.39, 0.29) is 5.69 Å². The van der Waals surface area contributed by atoms with Crippen LogP contribution in [0.2, 0.25) is 0 Å². The lowest BCUT2D eigenvalue weighted by Crippen LogP contribution is -2.02. The van der Waals surface area contributed by atoms with Crippen molar-refractivity contribution in [3.05, 3.63) is 43.2 Å². The summed E-state index contributed by atoms with van der Waals surface area (Å²) >= 11 is 5.57. The number of nitrogen functional groups attached to an aromatic ring is 1. The summed E-state index contributed by atoms with van der Waals surface area (Å²) in [5.41, 5.74) is 9.79. The number of nitrogens with zero attached hydrogens (tertiary/aromatic N) is 3. The van der Waals surface area contributed by atoms with Gasteiger partial charge in [0.05, 0.1) is 15.8 Å². The fraction of sp³-hybridized carbons (Fsp3) is 0.143. The van der Waals surface area contributed by atoms with Crippen molar-refractivity contribution in [2.75, 3.05) is 5.73 Å². The van der Waals surface area contributed by atoms with E-state index in [4.69, 9.17) is 5.73 Å². The maximum atomic E-state index is 13.7. The van der Waals surface area contributed by atoms with E-state index < -0.39 is 5.82 Å². The first-order valence-corrected chi connectivity index (χ1v) is 8.03. The number of fused-ring (bicyclic) bond motifs is 1. The van der Waals surface area contributed by atoms with E-state index >= 15 is 0 Å². The molecule has 0 bridgehead atoms. The highest BCUT2D eigenvalue weighted by Gasteiger charge is 2.15. The summed E-state index contributed by atoms with van der Waals surface area (Å²) in [5.74, 6) is -0.503. The third kappa shape index (κ3) is 2.42. The van der Waals surface area contributed by atoms with Gasteiger partial charge in [-0.15, -0.1) is 10.2 Å². The van der Waals surface area contributed by atoms with Crippen LogP contribution in [0.4, 0.5) is 10.1 Å². The zero-order valence-electron chi connectivity index (χ0n) is 11.3. The lowest BCUT2D eigenvalue weighted by molar-refractivity contribution is 0.633. The maximum absolute atomic E-state index is 13.7. The number of aryl methyl sites for hydroxylation is 2. The van der Waals surface area contributed by atoms with E-state index in [1.807, 2.05) is 19.9 Å².